The molecule has 2 aromatic carbocycles. The second-order valence-electron chi connectivity index (χ2n) is 5.29. The van der Waals surface area contributed by atoms with Gasteiger partial charge in [0.05, 0.1) is 19.8 Å². The van der Waals surface area contributed by atoms with Gasteiger partial charge in [-0.25, -0.2) is 9.78 Å². The third-order valence-electron chi connectivity index (χ3n) is 3.64. The molecule has 1 aromatic heterocycles. The number of aromatic nitrogens is 1. The molecule has 0 radical (unpaired) electrons. The maximum Gasteiger partial charge on any atom is 0.337 e. The van der Waals surface area contributed by atoms with Gasteiger partial charge in [-0.05, 0) is 48.5 Å². The van der Waals surface area contributed by atoms with E-state index in [2.05, 4.69) is 15.0 Å². The molecule has 26 heavy (non-hydrogen) atoms. The fraction of sp³-hybridized carbons (Fsp3) is 0.105. The van der Waals surface area contributed by atoms with Crippen LogP contribution in [0.4, 0.5) is 5.69 Å². The van der Waals surface area contributed by atoms with E-state index in [-0.39, 0.29) is 5.91 Å². The van der Waals surface area contributed by atoms with E-state index in [0.29, 0.717) is 16.9 Å². The molecule has 0 unspecified atom stereocenters. The molecule has 1 amide bonds. The molecule has 7 heteroatoms. The highest BCUT2D eigenvalue weighted by molar-refractivity contribution is 7.13. The number of benzene rings is 2. The van der Waals surface area contributed by atoms with Gasteiger partial charge >= 0.3 is 5.97 Å². The van der Waals surface area contributed by atoms with Crippen molar-refractivity contribution in [3.05, 3.63) is 65.2 Å². The van der Waals surface area contributed by atoms with Gasteiger partial charge in [0.15, 0.2) is 0 Å². The summed E-state index contributed by atoms with van der Waals surface area (Å²) < 4.78 is 9.78. The van der Waals surface area contributed by atoms with Crippen molar-refractivity contribution in [3.63, 3.8) is 0 Å². The van der Waals surface area contributed by atoms with Crippen molar-refractivity contribution in [2.24, 2.45) is 0 Å². The van der Waals surface area contributed by atoms with Gasteiger partial charge < -0.3 is 14.8 Å². The van der Waals surface area contributed by atoms with E-state index in [4.69, 9.17) is 4.74 Å². The highest BCUT2D eigenvalue weighted by Gasteiger charge is 2.13. The number of carbonyl (C=O) groups is 2. The molecule has 0 saturated carbocycles. The number of anilines is 1. The number of hydrogen-bond donors (Lipinski definition) is 1. The standard InChI is InChI=1S/C19H16N2O4S/c1-24-15-9-5-12(6-10-15)18-21-16(11-26-18)17(22)20-14-7-3-13(4-8-14)19(23)25-2/h3-11H,1-2H3,(H,20,22). The lowest BCUT2D eigenvalue weighted by molar-refractivity contribution is 0.0600. The molecule has 0 aliphatic rings. The van der Waals surface area contributed by atoms with Gasteiger partial charge in [-0.1, -0.05) is 0 Å². The Morgan fingerprint density at radius 1 is 1.00 bits per heavy atom. The van der Waals surface area contributed by atoms with Crippen LogP contribution in [0, 0.1) is 0 Å². The van der Waals surface area contributed by atoms with Crippen LogP contribution in [-0.4, -0.2) is 31.1 Å². The highest BCUT2D eigenvalue weighted by atomic mass is 32.1. The fourth-order valence-electron chi connectivity index (χ4n) is 2.25. The Labute approximate surface area is 154 Å². The van der Waals surface area contributed by atoms with Crippen molar-refractivity contribution < 1.29 is 19.1 Å². The van der Waals surface area contributed by atoms with Crippen LogP contribution in [0.5, 0.6) is 5.75 Å². The van der Waals surface area contributed by atoms with Gasteiger partial charge in [0, 0.05) is 16.6 Å². The first-order chi connectivity index (χ1) is 12.6. The molecule has 132 valence electrons. The van der Waals surface area contributed by atoms with E-state index < -0.39 is 5.97 Å². The Balaban J connectivity index is 1.70. The number of hydrogen-bond acceptors (Lipinski definition) is 6. The summed E-state index contributed by atoms with van der Waals surface area (Å²) in [5.74, 6) is 0.0250. The number of nitrogens with zero attached hydrogens (tertiary/aromatic N) is 1. The van der Waals surface area contributed by atoms with Crippen molar-refractivity contribution in [3.8, 4) is 16.3 Å². The number of thiazole rings is 1. The quantitative estimate of drug-likeness (QED) is 0.692. The first kappa shape index (κ1) is 17.6. The number of carbonyl (C=O) groups excluding carboxylic acids is 2. The Morgan fingerprint density at radius 2 is 1.69 bits per heavy atom. The van der Waals surface area contributed by atoms with Crippen LogP contribution >= 0.6 is 11.3 Å². The van der Waals surface area contributed by atoms with Gasteiger partial charge in [0.2, 0.25) is 0 Å². The lowest BCUT2D eigenvalue weighted by atomic mass is 10.2. The summed E-state index contributed by atoms with van der Waals surface area (Å²) in [6.07, 6.45) is 0. The van der Waals surface area contributed by atoms with Crippen LogP contribution in [0.3, 0.4) is 0 Å². The zero-order chi connectivity index (χ0) is 18.5. The molecular formula is C19H16N2O4S. The first-order valence-electron chi connectivity index (χ1n) is 7.70. The summed E-state index contributed by atoms with van der Waals surface area (Å²) in [6, 6.07) is 13.9. The SMILES string of the molecule is COC(=O)c1ccc(NC(=O)c2csc(-c3ccc(OC)cc3)n2)cc1. The zero-order valence-corrected chi connectivity index (χ0v) is 15.0. The van der Waals surface area contributed by atoms with Gasteiger partial charge in [-0.15, -0.1) is 11.3 Å². The fourth-order valence-corrected chi connectivity index (χ4v) is 3.05. The van der Waals surface area contributed by atoms with Gasteiger partial charge in [0.1, 0.15) is 16.5 Å². The number of rotatable bonds is 5. The minimum atomic E-state index is -0.425. The maximum atomic E-state index is 12.4. The van der Waals surface area contributed by atoms with Crippen molar-refractivity contribution in [1.29, 1.82) is 0 Å². The molecule has 0 atom stereocenters. The van der Waals surface area contributed by atoms with Crippen molar-refractivity contribution in [2.75, 3.05) is 19.5 Å². The topological polar surface area (TPSA) is 77.5 Å². The average molecular weight is 368 g/mol. The summed E-state index contributed by atoms with van der Waals surface area (Å²) in [4.78, 5) is 28.2. The normalized spacial score (nSPS) is 10.2. The maximum absolute atomic E-state index is 12.4. The van der Waals surface area contributed by atoms with E-state index >= 15 is 0 Å². The third kappa shape index (κ3) is 3.89. The molecule has 0 fully saturated rings. The van der Waals surface area contributed by atoms with E-state index in [1.165, 1.54) is 18.4 Å². The van der Waals surface area contributed by atoms with Crippen LogP contribution in [0.1, 0.15) is 20.8 Å². The summed E-state index contributed by atoms with van der Waals surface area (Å²) in [7, 11) is 2.93. The summed E-state index contributed by atoms with van der Waals surface area (Å²) in [5, 5.41) is 5.21. The molecule has 3 rings (SSSR count). The molecular weight excluding hydrogens is 352 g/mol. The number of nitrogens with one attached hydrogen (secondary N) is 1. The second kappa shape index (κ2) is 7.79. The smallest absolute Gasteiger partial charge is 0.337 e. The molecule has 0 spiro atoms. The van der Waals surface area contributed by atoms with Crippen LogP contribution in [-0.2, 0) is 4.74 Å². The lowest BCUT2D eigenvalue weighted by Gasteiger charge is -2.04. The number of methoxy groups -OCH3 is 2. The summed E-state index contributed by atoms with van der Waals surface area (Å²) in [6.45, 7) is 0. The molecule has 6 nitrogen and oxygen atoms in total. The van der Waals surface area contributed by atoms with Crippen molar-refractivity contribution >= 4 is 28.9 Å². The Morgan fingerprint density at radius 3 is 2.31 bits per heavy atom. The molecule has 1 heterocycles. The van der Waals surface area contributed by atoms with Crippen LogP contribution in [0.2, 0.25) is 0 Å². The molecule has 0 aliphatic heterocycles. The molecule has 0 bridgehead atoms. The predicted octanol–water partition coefficient (Wildman–Crippen LogP) is 3.86. The zero-order valence-electron chi connectivity index (χ0n) is 14.2. The largest absolute Gasteiger partial charge is 0.497 e. The van der Waals surface area contributed by atoms with Gasteiger partial charge in [-0.2, -0.15) is 0 Å². The Kier molecular flexibility index (Phi) is 5.28. The van der Waals surface area contributed by atoms with E-state index in [9.17, 15) is 9.59 Å². The molecule has 1 N–H and O–H groups in total. The van der Waals surface area contributed by atoms with E-state index in [1.807, 2.05) is 24.3 Å². The number of ether oxygens (including phenoxy) is 2. The summed E-state index contributed by atoms with van der Waals surface area (Å²) >= 11 is 1.39. The number of amides is 1. The summed E-state index contributed by atoms with van der Waals surface area (Å²) in [5.41, 5.74) is 2.23. The molecule has 0 saturated heterocycles. The van der Waals surface area contributed by atoms with Gasteiger partial charge in [-0.3, -0.25) is 4.79 Å². The number of esters is 1. The first-order valence-corrected chi connectivity index (χ1v) is 8.58. The second-order valence-corrected chi connectivity index (χ2v) is 6.15. The minimum Gasteiger partial charge on any atom is -0.497 e. The van der Waals surface area contributed by atoms with Crippen LogP contribution in [0.25, 0.3) is 10.6 Å². The van der Waals surface area contributed by atoms with E-state index in [0.717, 1.165) is 16.3 Å². The van der Waals surface area contributed by atoms with Crippen LogP contribution in [0.15, 0.2) is 53.9 Å². The predicted molar refractivity (Wildman–Crippen MR) is 99.8 cm³/mol. The van der Waals surface area contributed by atoms with Crippen LogP contribution < -0.4 is 10.1 Å². The minimum absolute atomic E-state index is 0.313. The Hall–Kier alpha value is -3.19. The average Bonchev–Trinajstić information content (AvgIpc) is 3.18. The molecule has 3 aromatic rings. The van der Waals surface area contributed by atoms with E-state index in [1.54, 1.807) is 36.8 Å². The monoisotopic (exact) mass is 368 g/mol. The lowest BCUT2D eigenvalue weighted by Crippen LogP contribution is -2.12. The Bertz CT molecular complexity index is 917. The van der Waals surface area contributed by atoms with Gasteiger partial charge in [0.25, 0.3) is 5.91 Å². The van der Waals surface area contributed by atoms with Crippen molar-refractivity contribution in [1.82, 2.24) is 4.98 Å². The highest BCUT2D eigenvalue weighted by Crippen LogP contribution is 2.26. The van der Waals surface area contributed by atoms with Crippen molar-refractivity contribution in [2.45, 2.75) is 0 Å². The third-order valence-corrected chi connectivity index (χ3v) is 4.53. The molecule has 0 aliphatic carbocycles.